The molecule has 2 atom stereocenters. The third-order valence-electron chi connectivity index (χ3n) is 5.85. The number of benzene rings is 1. The van der Waals surface area contributed by atoms with Crippen molar-refractivity contribution in [1.29, 1.82) is 0 Å². The summed E-state index contributed by atoms with van der Waals surface area (Å²) in [6.07, 6.45) is 3.96. The predicted molar refractivity (Wildman–Crippen MR) is 97.7 cm³/mol. The lowest BCUT2D eigenvalue weighted by molar-refractivity contribution is -0.141. The van der Waals surface area contributed by atoms with Gasteiger partial charge < -0.3 is 14.7 Å². The molecule has 3 heterocycles. The molecule has 0 unspecified atom stereocenters. The van der Waals surface area contributed by atoms with Gasteiger partial charge in [0.15, 0.2) is 0 Å². The molecule has 6 heteroatoms. The molecule has 2 fully saturated rings. The van der Waals surface area contributed by atoms with Crippen LogP contribution in [0.1, 0.15) is 36.8 Å². The van der Waals surface area contributed by atoms with Gasteiger partial charge >= 0.3 is 0 Å². The molecule has 0 saturated carbocycles. The van der Waals surface area contributed by atoms with Gasteiger partial charge in [-0.1, -0.05) is 24.3 Å². The van der Waals surface area contributed by atoms with Crippen molar-refractivity contribution in [3.05, 3.63) is 59.7 Å². The fraction of sp³-hybridized carbons (Fsp3) is 0.429. The molecule has 2 aromatic rings. The summed E-state index contributed by atoms with van der Waals surface area (Å²) in [7, 11) is 1.59. The lowest BCUT2D eigenvalue weighted by Gasteiger charge is -2.44. The predicted octanol–water partition coefficient (Wildman–Crippen LogP) is 2.81. The number of pyridine rings is 1. The number of amides is 1. The number of aromatic nitrogens is 1. The van der Waals surface area contributed by atoms with Crippen LogP contribution in [0.25, 0.3) is 0 Å². The Bertz CT molecular complexity index is 843. The van der Waals surface area contributed by atoms with Crippen molar-refractivity contribution in [2.75, 3.05) is 7.11 Å². The van der Waals surface area contributed by atoms with Crippen LogP contribution in [0, 0.1) is 5.95 Å². The molecule has 1 aromatic carbocycles. The first kappa shape index (κ1) is 17.9. The minimum atomic E-state index is -1.27. The third-order valence-corrected chi connectivity index (χ3v) is 5.85. The van der Waals surface area contributed by atoms with Crippen LogP contribution in [-0.2, 0) is 16.8 Å². The first-order valence-electron chi connectivity index (χ1n) is 9.28. The van der Waals surface area contributed by atoms with E-state index in [9.17, 15) is 14.3 Å². The van der Waals surface area contributed by atoms with E-state index in [1.165, 1.54) is 6.20 Å². The van der Waals surface area contributed by atoms with Crippen LogP contribution >= 0.6 is 0 Å². The van der Waals surface area contributed by atoms with E-state index in [-0.39, 0.29) is 30.0 Å². The van der Waals surface area contributed by atoms with E-state index in [2.05, 4.69) is 4.98 Å². The summed E-state index contributed by atoms with van der Waals surface area (Å²) in [5.41, 5.74) is -0.187. The van der Waals surface area contributed by atoms with Crippen LogP contribution in [0.5, 0.6) is 5.75 Å². The standard InChI is InChI=1S/C21H23FN2O3/c1-27-18-7-3-2-5-14(18)11-19(25)24-15-8-9-16(24)13-21(26,12-15)17-6-4-10-23-20(17)22/h2-7,10,15-16,26H,8-9,11-13H2,1H3/t15-,16-/m0/s1. The average molecular weight is 370 g/mol. The second-order valence-corrected chi connectivity index (χ2v) is 7.46. The molecule has 1 aromatic heterocycles. The number of nitrogens with zero attached hydrogens (tertiary/aromatic N) is 2. The van der Waals surface area contributed by atoms with Gasteiger partial charge in [-0.05, 0) is 25.0 Å². The Hall–Kier alpha value is -2.47. The van der Waals surface area contributed by atoms with Crippen molar-refractivity contribution in [3.8, 4) is 5.75 Å². The van der Waals surface area contributed by atoms with E-state index in [1.807, 2.05) is 29.2 Å². The highest BCUT2D eigenvalue weighted by Crippen LogP contribution is 2.46. The molecule has 0 aliphatic carbocycles. The van der Waals surface area contributed by atoms with Crippen LogP contribution in [-0.4, -0.2) is 40.1 Å². The maximum atomic E-state index is 14.2. The molecule has 5 nitrogen and oxygen atoms in total. The number of methoxy groups -OCH3 is 1. The first-order valence-corrected chi connectivity index (χ1v) is 9.28. The Balaban J connectivity index is 1.54. The van der Waals surface area contributed by atoms with Crippen LogP contribution in [0.3, 0.4) is 0 Å². The molecule has 0 spiro atoms. The first-order chi connectivity index (χ1) is 13.0. The Labute approximate surface area is 157 Å². The zero-order valence-corrected chi connectivity index (χ0v) is 15.3. The summed E-state index contributed by atoms with van der Waals surface area (Å²) in [5, 5.41) is 11.1. The average Bonchev–Trinajstić information content (AvgIpc) is 2.95. The summed E-state index contributed by atoms with van der Waals surface area (Å²) in [5.74, 6) is 0.0954. The molecular weight excluding hydrogens is 347 g/mol. The van der Waals surface area contributed by atoms with Crippen molar-refractivity contribution < 1.29 is 19.0 Å². The van der Waals surface area contributed by atoms with Gasteiger partial charge in [0.2, 0.25) is 11.9 Å². The molecule has 0 radical (unpaired) electrons. The molecule has 1 N–H and O–H groups in total. The van der Waals surface area contributed by atoms with Crippen molar-refractivity contribution in [1.82, 2.24) is 9.88 Å². The number of fused-ring (bicyclic) bond motifs is 2. The monoisotopic (exact) mass is 370 g/mol. The van der Waals surface area contributed by atoms with E-state index in [0.717, 1.165) is 18.4 Å². The normalized spacial score (nSPS) is 26.9. The van der Waals surface area contributed by atoms with Crippen LogP contribution in [0.4, 0.5) is 4.39 Å². The van der Waals surface area contributed by atoms with E-state index in [0.29, 0.717) is 18.6 Å². The maximum absolute atomic E-state index is 14.2. The maximum Gasteiger partial charge on any atom is 0.227 e. The Kier molecular flexibility index (Phi) is 4.60. The van der Waals surface area contributed by atoms with Gasteiger partial charge in [-0.3, -0.25) is 4.79 Å². The van der Waals surface area contributed by atoms with Gasteiger partial charge in [0.1, 0.15) is 5.75 Å². The zero-order chi connectivity index (χ0) is 19.0. The molecule has 2 aliphatic rings. The zero-order valence-electron chi connectivity index (χ0n) is 15.3. The number of hydrogen-bond donors (Lipinski definition) is 1. The van der Waals surface area contributed by atoms with Crippen LogP contribution in [0.2, 0.25) is 0 Å². The van der Waals surface area contributed by atoms with E-state index in [4.69, 9.17) is 4.74 Å². The van der Waals surface area contributed by atoms with Gasteiger partial charge in [-0.2, -0.15) is 4.39 Å². The highest BCUT2D eigenvalue weighted by molar-refractivity contribution is 5.80. The molecule has 2 bridgehead atoms. The van der Waals surface area contributed by atoms with Gasteiger partial charge in [-0.25, -0.2) is 4.98 Å². The number of rotatable bonds is 4. The van der Waals surface area contributed by atoms with Crippen LogP contribution in [0.15, 0.2) is 42.6 Å². The fourth-order valence-corrected chi connectivity index (χ4v) is 4.69. The number of para-hydroxylation sites is 1. The van der Waals surface area contributed by atoms with E-state index < -0.39 is 11.5 Å². The van der Waals surface area contributed by atoms with Crippen molar-refractivity contribution >= 4 is 5.91 Å². The highest BCUT2D eigenvalue weighted by Gasteiger charge is 2.50. The summed E-state index contributed by atoms with van der Waals surface area (Å²) < 4.78 is 19.5. The van der Waals surface area contributed by atoms with E-state index >= 15 is 0 Å². The van der Waals surface area contributed by atoms with Crippen LogP contribution < -0.4 is 4.74 Å². The van der Waals surface area contributed by atoms with Gasteiger partial charge in [0, 0.05) is 42.2 Å². The minimum Gasteiger partial charge on any atom is -0.496 e. The number of piperidine rings is 1. The second kappa shape index (κ2) is 6.93. The third kappa shape index (κ3) is 3.18. The summed E-state index contributed by atoms with van der Waals surface area (Å²) >= 11 is 0. The summed E-state index contributed by atoms with van der Waals surface area (Å²) in [4.78, 5) is 18.6. The summed E-state index contributed by atoms with van der Waals surface area (Å²) in [6, 6.07) is 10.6. The fourth-order valence-electron chi connectivity index (χ4n) is 4.69. The molecule has 4 rings (SSSR count). The van der Waals surface area contributed by atoms with Gasteiger partial charge in [0.25, 0.3) is 0 Å². The lowest BCUT2D eigenvalue weighted by Crippen LogP contribution is -2.52. The van der Waals surface area contributed by atoms with Crippen molar-refractivity contribution in [3.63, 3.8) is 0 Å². The van der Waals surface area contributed by atoms with Crippen molar-refractivity contribution in [2.45, 2.75) is 49.8 Å². The topological polar surface area (TPSA) is 62.7 Å². The number of carbonyl (C=O) groups excluding carboxylic acids is 1. The van der Waals surface area contributed by atoms with Crippen molar-refractivity contribution in [2.24, 2.45) is 0 Å². The number of halogens is 1. The van der Waals surface area contributed by atoms with Gasteiger partial charge in [0.05, 0.1) is 19.1 Å². The quantitative estimate of drug-likeness (QED) is 0.841. The van der Waals surface area contributed by atoms with Gasteiger partial charge in [-0.15, -0.1) is 0 Å². The smallest absolute Gasteiger partial charge is 0.227 e. The Morgan fingerprint density at radius 1 is 1.26 bits per heavy atom. The molecule has 27 heavy (non-hydrogen) atoms. The molecule has 142 valence electrons. The SMILES string of the molecule is COc1ccccc1CC(=O)N1[C@H]2CC[C@H]1CC(O)(c1cccnc1F)C2. The molecule has 2 saturated heterocycles. The second-order valence-electron chi connectivity index (χ2n) is 7.46. The highest BCUT2D eigenvalue weighted by atomic mass is 19.1. The minimum absolute atomic E-state index is 0.0284. The Morgan fingerprint density at radius 2 is 1.96 bits per heavy atom. The van der Waals surface area contributed by atoms with E-state index in [1.54, 1.807) is 19.2 Å². The number of carbonyl (C=O) groups is 1. The number of hydrogen-bond acceptors (Lipinski definition) is 4. The molecular formula is C21H23FN2O3. The summed E-state index contributed by atoms with van der Waals surface area (Å²) in [6.45, 7) is 0. The largest absolute Gasteiger partial charge is 0.496 e. The molecule has 2 aliphatic heterocycles. The molecule has 1 amide bonds. The number of ether oxygens (including phenoxy) is 1. The Morgan fingerprint density at radius 3 is 2.63 bits per heavy atom. The lowest BCUT2D eigenvalue weighted by atomic mass is 9.80. The number of aliphatic hydroxyl groups is 1.